The van der Waals surface area contributed by atoms with Crippen LogP contribution in [0.25, 0.3) is 0 Å². The van der Waals surface area contributed by atoms with Gasteiger partial charge in [-0.25, -0.2) is 18.5 Å². The summed E-state index contributed by atoms with van der Waals surface area (Å²) >= 11 is 0. The SMILES string of the molecule is C=CC1OC(n2ccc(=O)[nH]c2=O)C(F)(F)C(O)C1OP(=O)(O)OP(=O)(O)OP(=O)(O)O. The van der Waals surface area contributed by atoms with Crippen molar-refractivity contribution in [3.8, 4) is 0 Å². The number of halogens is 2. The van der Waals surface area contributed by atoms with Crippen LogP contribution in [0.1, 0.15) is 6.23 Å². The fourth-order valence-corrected chi connectivity index (χ4v) is 5.69. The molecule has 0 spiro atoms. The maximum absolute atomic E-state index is 14.7. The normalized spacial score (nSPS) is 29.6. The number of phosphoric ester groups is 1. The molecule has 6 unspecified atom stereocenters. The van der Waals surface area contributed by atoms with Gasteiger partial charge in [-0.1, -0.05) is 6.08 Å². The topological polar surface area (TPSA) is 244 Å². The number of alkyl halides is 2. The third kappa shape index (κ3) is 6.35. The Kier molecular flexibility index (Phi) is 7.64. The zero-order chi connectivity index (χ0) is 24.7. The van der Waals surface area contributed by atoms with Gasteiger partial charge in [0.2, 0.25) is 6.23 Å². The number of ether oxygens (including phenoxy) is 1. The molecule has 1 fully saturated rings. The molecular weight excluding hydrogens is 515 g/mol. The number of nitrogens with zero attached hydrogens (tertiary/aromatic N) is 1. The molecule has 0 bridgehead atoms. The van der Waals surface area contributed by atoms with E-state index >= 15 is 0 Å². The molecule has 32 heavy (non-hydrogen) atoms. The molecule has 0 radical (unpaired) electrons. The average molecular weight is 530 g/mol. The first-order valence-corrected chi connectivity index (χ1v) is 12.4. The molecule has 0 amide bonds. The molecule has 1 saturated heterocycles. The van der Waals surface area contributed by atoms with Crippen molar-refractivity contribution in [2.24, 2.45) is 0 Å². The minimum Gasteiger partial charge on any atom is -0.384 e. The molecule has 2 rings (SSSR count). The largest absolute Gasteiger partial charge is 0.490 e. The Labute approximate surface area is 175 Å². The van der Waals surface area contributed by atoms with Crippen LogP contribution < -0.4 is 11.2 Å². The lowest BCUT2D eigenvalue weighted by Crippen LogP contribution is -2.60. The summed E-state index contributed by atoms with van der Waals surface area (Å²) in [6, 6.07) is 0.689. The highest BCUT2D eigenvalue weighted by molar-refractivity contribution is 7.66. The molecule has 1 aliphatic heterocycles. The minimum atomic E-state index is -5.97. The average Bonchev–Trinajstić information content (AvgIpc) is 2.57. The number of rotatable bonds is 8. The Bertz CT molecular complexity index is 1130. The van der Waals surface area contributed by atoms with E-state index < -0.39 is 65.2 Å². The van der Waals surface area contributed by atoms with Gasteiger partial charge in [0.15, 0.2) is 6.10 Å². The van der Waals surface area contributed by atoms with E-state index in [2.05, 4.69) is 19.7 Å². The van der Waals surface area contributed by atoms with Gasteiger partial charge in [0.05, 0.1) is 0 Å². The first kappa shape index (κ1) is 26.9. The number of nitrogens with one attached hydrogen (secondary N) is 1. The summed E-state index contributed by atoms with van der Waals surface area (Å²) in [5.41, 5.74) is -2.29. The van der Waals surface area contributed by atoms with Gasteiger partial charge >= 0.3 is 35.1 Å². The maximum atomic E-state index is 14.7. The number of aromatic amines is 1. The van der Waals surface area contributed by atoms with Crippen molar-refractivity contribution in [3.63, 3.8) is 0 Å². The lowest BCUT2D eigenvalue weighted by Gasteiger charge is -2.43. The highest BCUT2D eigenvalue weighted by atomic mass is 31.3. The van der Waals surface area contributed by atoms with Crippen LogP contribution in [0.3, 0.4) is 0 Å². The van der Waals surface area contributed by atoms with Gasteiger partial charge in [0.25, 0.3) is 5.56 Å². The molecule has 6 atom stereocenters. The predicted molar refractivity (Wildman–Crippen MR) is 95.1 cm³/mol. The van der Waals surface area contributed by atoms with Crippen molar-refractivity contribution in [2.75, 3.05) is 0 Å². The maximum Gasteiger partial charge on any atom is 0.490 e. The Morgan fingerprint density at radius 3 is 2.25 bits per heavy atom. The van der Waals surface area contributed by atoms with E-state index in [1.165, 1.54) is 0 Å². The summed E-state index contributed by atoms with van der Waals surface area (Å²) in [4.78, 5) is 60.3. The lowest BCUT2D eigenvalue weighted by atomic mass is 9.97. The van der Waals surface area contributed by atoms with Crippen molar-refractivity contribution in [1.82, 2.24) is 9.55 Å². The van der Waals surface area contributed by atoms with Crippen molar-refractivity contribution in [2.45, 2.75) is 30.5 Å². The van der Waals surface area contributed by atoms with Crippen LogP contribution in [0, 0.1) is 0 Å². The quantitative estimate of drug-likeness (QED) is 0.180. The number of hydrogen-bond acceptors (Lipinski definition) is 10. The number of aromatic nitrogens is 2. The van der Waals surface area contributed by atoms with Crippen molar-refractivity contribution >= 4 is 23.5 Å². The zero-order valence-corrected chi connectivity index (χ0v) is 17.9. The first-order valence-electron chi connectivity index (χ1n) is 7.86. The van der Waals surface area contributed by atoms with Crippen LogP contribution in [0.15, 0.2) is 34.5 Å². The highest BCUT2D eigenvalue weighted by Crippen LogP contribution is 2.67. The van der Waals surface area contributed by atoms with Gasteiger partial charge in [-0.3, -0.25) is 18.9 Å². The smallest absolute Gasteiger partial charge is 0.384 e. The van der Waals surface area contributed by atoms with Crippen LogP contribution in [0.5, 0.6) is 0 Å². The first-order chi connectivity index (χ1) is 14.4. The summed E-state index contributed by atoms with van der Waals surface area (Å²) in [5, 5.41) is 10.1. The standard InChI is InChI=1S/C11H15F2N2O14P3/c1-2-5-7(27-31(22,23)29-32(24,25)28-30(19,20)21)8(17)11(12,13)9(26-5)15-4-3-6(16)14-10(15)18/h2-5,7-9,17H,1H2,(H,22,23)(H,24,25)(H,14,16,18)(H2,19,20,21). The van der Waals surface area contributed by atoms with Crippen LogP contribution >= 0.6 is 23.5 Å². The van der Waals surface area contributed by atoms with E-state index in [1.54, 1.807) is 4.98 Å². The van der Waals surface area contributed by atoms with Gasteiger partial charge in [-0.05, 0) is 0 Å². The second-order valence-electron chi connectivity index (χ2n) is 5.99. The molecule has 0 aromatic carbocycles. The molecule has 6 N–H and O–H groups in total. The van der Waals surface area contributed by atoms with E-state index in [9.17, 15) is 42.1 Å². The van der Waals surface area contributed by atoms with E-state index in [4.69, 9.17) is 19.4 Å². The highest BCUT2D eigenvalue weighted by Gasteiger charge is 2.60. The Balaban J connectivity index is 2.34. The summed E-state index contributed by atoms with van der Waals surface area (Å²) in [6.07, 6.45) is -8.73. The molecular formula is C11H15F2N2O14P3. The summed E-state index contributed by atoms with van der Waals surface area (Å²) in [5.74, 6) is -4.45. The van der Waals surface area contributed by atoms with Gasteiger partial charge in [0, 0.05) is 12.3 Å². The van der Waals surface area contributed by atoms with Crippen molar-refractivity contribution in [1.29, 1.82) is 0 Å². The molecule has 2 heterocycles. The van der Waals surface area contributed by atoms with Crippen molar-refractivity contribution in [3.05, 3.63) is 45.8 Å². The third-order valence-corrected chi connectivity index (χ3v) is 7.49. The zero-order valence-electron chi connectivity index (χ0n) is 15.2. The van der Waals surface area contributed by atoms with Gasteiger partial charge in [-0.15, -0.1) is 6.58 Å². The molecule has 0 aliphatic carbocycles. The van der Waals surface area contributed by atoms with E-state index in [-0.39, 0.29) is 4.57 Å². The van der Waals surface area contributed by atoms with E-state index in [1.807, 2.05) is 0 Å². The van der Waals surface area contributed by atoms with E-state index in [0.717, 1.165) is 0 Å². The predicted octanol–water partition coefficient (Wildman–Crippen LogP) is -0.672. The number of aliphatic hydroxyl groups is 1. The minimum absolute atomic E-state index is 0.197. The summed E-state index contributed by atoms with van der Waals surface area (Å²) in [6.45, 7) is 3.18. The van der Waals surface area contributed by atoms with E-state index in [0.29, 0.717) is 18.3 Å². The summed E-state index contributed by atoms with van der Waals surface area (Å²) < 4.78 is 79.7. The van der Waals surface area contributed by atoms with Crippen LogP contribution in [0.2, 0.25) is 0 Å². The Hall–Kier alpha value is -1.39. The molecule has 1 aliphatic rings. The molecule has 16 nitrogen and oxygen atoms in total. The summed E-state index contributed by atoms with van der Waals surface area (Å²) in [7, 11) is -17.6. The van der Waals surface area contributed by atoms with Gasteiger partial charge in [-0.2, -0.15) is 17.4 Å². The van der Waals surface area contributed by atoms with Crippen LogP contribution in [0.4, 0.5) is 8.78 Å². The number of phosphoric acid groups is 3. The molecule has 0 saturated carbocycles. The number of H-pyrrole nitrogens is 1. The Morgan fingerprint density at radius 2 is 1.75 bits per heavy atom. The monoisotopic (exact) mass is 530 g/mol. The molecule has 21 heteroatoms. The van der Waals surface area contributed by atoms with Crippen LogP contribution in [-0.4, -0.2) is 58.5 Å². The Morgan fingerprint density at radius 1 is 1.16 bits per heavy atom. The molecule has 1 aromatic rings. The van der Waals surface area contributed by atoms with Gasteiger partial charge in [0.1, 0.15) is 12.2 Å². The fraction of sp³-hybridized carbons (Fsp3) is 0.455. The molecule has 182 valence electrons. The van der Waals surface area contributed by atoms with Gasteiger partial charge < -0.3 is 29.4 Å². The second-order valence-corrected chi connectivity index (χ2v) is 10.4. The number of aliphatic hydroxyl groups excluding tert-OH is 1. The van der Waals surface area contributed by atoms with Crippen molar-refractivity contribution < 1.29 is 65.0 Å². The second kappa shape index (κ2) is 9.10. The number of hydrogen-bond donors (Lipinski definition) is 6. The lowest BCUT2D eigenvalue weighted by molar-refractivity contribution is -0.300. The molecule has 1 aromatic heterocycles. The third-order valence-electron chi connectivity index (χ3n) is 3.65. The van der Waals surface area contributed by atoms with Crippen LogP contribution in [-0.2, 0) is 31.6 Å². The fourth-order valence-electron chi connectivity index (χ4n) is 2.48.